The number of likely N-dealkylation sites (N-methyl/N-ethyl adjacent to an activating group) is 1. The maximum atomic E-state index is 14.0. The molecule has 1 aromatic heterocycles. The fourth-order valence-electron chi connectivity index (χ4n) is 7.82. The Kier molecular flexibility index (Phi) is 15.5. The third kappa shape index (κ3) is 10.1. The average Bonchev–Trinajstić information content (AvgIpc) is 3.09. The summed E-state index contributed by atoms with van der Waals surface area (Å²) in [4.78, 5) is 24.0. The van der Waals surface area contributed by atoms with Gasteiger partial charge in [-0.15, -0.1) is 0 Å². The highest BCUT2D eigenvalue weighted by Crippen LogP contribution is 2.40. The van der Waals surface area contributed by atoms with Gasteiger partial charge in [0.1, 0.15) is 24.1 Å². The number of cyclic esters (lactones) is 1. The molecule has 2 saturated heterocycles. The number of oxime groups is 1. The molecule has 0 unspecified atom stereocenters. The number of aliphatic hydroxyl groups excluding tert-OH is 2. The minimum absolute atomic E-state index is 0.100. The van der Waals surface area contributed by atoms with Crippen molar-refractivity contribution in [3.63, 3.8) is 0 Å². The summed E-state index contributed by atoms with van der Waals surface area (Å²) in [7, 11) is 5.34. The molecular formula is C37H62N4O10. The molecular weight excluding hydrogens is 660 g/mol. The second-order valence-corrected chi connectivity index (χ2v) is 15.1. The van der Waals surface area contributed by atoms with Crippen LogP contribution in [0.2, 0.25) is 0 Å². The number of methoxy groups -OCH3 is 1. The highest BCUT2D eigenvalue weighted by molar-refractivity contribution is 5.88. The number of ether oxygens (including phenoxy) is 5. The van der Waals surface area contributed by atoms with Crippen LogP contribution >= 0.6 is 0 Å². The molecule has 14 heteroatoms. The molecule has 0 saturated carbocycles. The summed E-state index contributed by atoms with van der Waals surface area (Å²) in [5.41, 5.74) is -2.05. The van der Waals surface area contributed by atoms with Crippen molar-refractivity contribution in [1.29, 1.82) is 0 Å². The Morgan fingerprint density at radius 2 is 1.75 bits per heavy atom. The Morgan fingerprint density at radius 1 is 1.10 bits per heavy atom. The smallest absolute Gasteiger partial charge is 0.311 e. The maximum absolute atomic E-state index is 14.0. The van der Waals surface area contributed by atoms with E-state index >= 15 is 0 Å². The monoisotopic (exact) mass is 722 g/mol. The van der Waals surface area contributed by atoms with Gasteiger partial charge < -0.3 is 49.1 Å². The van der Waals surface area contributed by atoms with Gasteiger partial charge in [-0.05, 0) is 61.1 Å². The summed E-state index contributed by atoms with van der Waals surface area (Å²) in [6.45, 7) is 14.1. The maximum Gasteiger partial charge on any atom is 0.311 e. The number of carbonyl (C=O) groups excluding carboxylic acids is 1. The van der Waals surface area contributed by atoms with Crippen molar-refractivity contribution in [3.05, 3.63) is 30.4 Å². The van der Waals surface area contributed by atoms with E-state index in [1.54, 1.807) is 46.4 Å². The van der Waals surface area contributed by atoms with Crippen molar-refractivity contribution in [1.82, 2.24) is 14.9 Å². The van der Waals surface area contributed by atoms with Gasteiger partial charge in [0.05, 0.1) is 48.3 Å². The molecule has 0 aliphatic carbocycles. The van der Waals surface area contributed by atoms with Crippen molar-refractivity contribution in [2.24, 2.45) is 28.8 Å². The predicted molar refractivity (Wildman–Crippen MR) is 191 cm³/mol. The molecule has 3 heterocycles. The van der Waals surface area contributed by atoms with Gasteiger partial charge in [-0.1, -0.05) is 45.0 Å². The first-order valence-corrected chi connectivity index (χ1v) is 18.0. The SMILES string of the molecule is CC[C@H]1OC(=O)[C@H](C)[C@@H](OC/C=C/c2cncnc2)[C@H](C)[C@@H](O[C@@H]2O[C@H](C)C[C@H](N(C)C)[C@H]2O)[C@](C)(OC)C[C@@H](C)/C(=N\O)[C@H](C)[C@@H](O)[C@]1(C)O. The van der Waals surface area contributed by atoms with E-state index in [-0.39, 0.29) is 37.3 Å². The molecule has 1 aromatic rings. The van der Waals surface area contributed by atoms with Gasteiger partial charge in [0.15, 0.2) is 6.29 Å². The van der Waals surface area contributed by atoms with Gasteiger partial charge in [0.25, 0.3) is 0 Å². The lowest BCUT2D eigenvalue weighted by atomic mass is 9.73. The predicted octanol–water partition coefficient (Wildman–Crippen LogP) is 3.30. The zero-order valence-corrected chi connectivity index (χ0v) is 32.2. The molecule has 14 atom stereocenters. The molecule has 2 fully saturated rings. The molecule has 0 radical (unpaired) electrons. The fraction of sp³-hybridized carbons (Fsp3) is 0.784. The Hall–Kier alpha value is -2.56. The summed E-state index contributed by atoms with van der Waals surface area (Å²) < 4.78 is 31.8. The van der Waals surface area contributed by atoms with E-state index in [1.807, 2.05) is 52.8 Å². The molecule has 3 rings (SSSR count). The standard InChI is InChI=1S/C37H62N4O10/c1-12-28-37(8,45)32(43)23(4)29(40-46)21(2)17-36(7,47-11)33(51-35-30(42)27(41(9)10)16-22(3)49-35)24(5)31(25(6)34(44)50-28)48-15-13-14-26-18-38-20-39-19-26/h13-14,18-25,27-28,30-33,35,42-43,45-46H,12,15-17H2,1-11H3/b14-13+,40-29+/t21-,22-,23+,24+,25-,27+,28-,30-,31+,32-,33-,35+,36-,37-/m1/s1. The number of rotatable bonds is 9. The zero-order valence-electron chi connectivity index (χ0n) is 32.2. The lowest BCUT2D eigenvalue weighted by Crippen LogP contribution is -2.60. The van der Waals surface area contributed by atoms with E-state index in [9.17, 15) is 25.3 Å². The Bertz CT molecular complexity index is 1300. The van der Waals surface area contributed by atoms with Crippen LogP contribution in [0.4, 0.5) is 0 Å². The largest absolute Gasteiger partial charge is 0.459 e. The highest BCUT2D eigenvalue weighted by Gasteiger charge is 2.52. The van der Waals surface area contributed by atoms with Crippen LogP contribution in [0.5, 0.6) is 0 Å². The van der Waals surface area contributed by atoms with Crippen LogP contribution in [0.25, 0.3) is 6.08 Å². The molecule has 0 bridgehead atoms. The number of carbonyl (C=O) groups is 1. The van der Waals surface area contributed by atoms with Gasteiger partial charge in [-0.3, -0.25) is 4.79 Å². The number of hydrogen-bond acceptors (Lipinski definition) is 14. The number of hydrogen-bond donors (Lipinski definition) is 4. The van der Waals surface area contributed by atoms with Crippen LogP contribution in [0, 0.1) is 23.7 Å². The first kappa shape index (κ1) is 42.8. The number of aliphatic hydroxyl groups is 3. The molecule has 0 amide bonds. The second kappa shape index (κ2) is 18.5. The van der Waals surface area contributed by atoms with Crippen molar-refractivity contribution in [3.8, 4) is 0 Å². The molecule has 290 valence electrons. The van der Waals surface area contributed by atoms with E-state index in [1.165, 1.54) is 13.3 Å². The molecule has 14 nitrogen and oxygen atoms in total. The number of esters is 1. The first-order valence-electron chi connectivity index (χ1n) is 18.0. The quantitative estimate of drug-likeness (QED) is 0.166. The van der Waals surface area contributed by atoms with E-state index in [2.05, 4.69) is 15.1 Å². The van der Waals surface area contributed by atoms with Crippen LogP contribution in [0.1, 0.15) is 80.2 Å². The topological polar surface area (TPSA) is 186 Å². The lowest BCUT2D eigenvalue weighted by Gasteiger charge is -2.48. The minimum Gasteiger partial charge on any atom is -0.459 e. The molecule has 0 aromatic carbocycles. The van der Waals surface area contributed by atoms with E-state index in [4.69, 9.17) is 23.7 Å². The molecule has 51 heavy (non-hydrogen) atoms. The third-order valence-electron chi connectivity index (χ3n) is 10.9. The van der Waals surface area contributed by atoms with Crippen molar-refractivity contribution >= 4 is 17.8 Å². The summed E-state index contributed by atoms with van der Waals surface area (Å²) in [6, 6.07) is -0.248. The Balaban J connectivity index is 2.17. The first-order chi connectivity index (χ1) is 23.9. The Labute approximate surface area is 303 Å². The fourth-order valence-corrected chi connectivity index (χ4v) is 7.82. The number of nitrogens with zero attached hydrogens (tertiary/aromatic N) is 4. The minimum atomic E-state index is -1.89. The summed E-state index contributed by atoms with van der Waals surface area (Å²) in [5, 5.41) is 48.6. The van der Waals surface area contributed by atoms with Gasteiger partial charge >= 0.3 is 5.97 Å². The number of aromatic nitrogens is 2. The van der Waals surface area contributed by atoms with E-state index in [0.717, 1.165) is 5.56 Å². The van der Waals surface area contributed by atoms with Crippen LogP contribution in [-0.2, 0) is 28.5 Å². The Morgan fingerprint density at radius 3 is 2.31 bits per heavy atom. The molecule has 2 aliphatic heterocycles. The van der Waals surface area contributed by atoms with Crippen molar-refractivity contribution < 1.29 is 49.0 Å². The lowest BCUT2D eigenvalue weighted by molar-refractivity contribution is -0.302. The second-order valence-electron chi connectivity index (χ2n) is 15.1. The molecule has 0 spiro atoms. The van der Waals surface area contributed by atoms with Gasteiger partial charge in [-0.2, -0.15) is 0 Å². The average molecular weight is 723 g/mol. The summed E-state index contributed by atoms with van der Waals surface area (Å²) in [5.74, 6) is -3.46. The van der Waals surface area contributed by atoms with Gasteiger partial charge in [-0.25, -0.2) is 9.97 Å². The van der Waals surface area contributed by atoms with Crippen LogP contribution in [0.15, 0.2) is 30.0 Å². The van der Waals surface area contributed by atoms with Gasteiger partial charge in [0, 0.05) is 48.9 Å². The van der Waals surface area contributed by atoms with E-state index < -0.39 is 77.7 Å². The molecule has 2 aliphatic rings. The van der Waals surface area contributed by atoms with E-state index in [0.29, 0.717) is 6.42 Å². The third-order valence-corrected chi connectivity index (χ3v) is 10.9. The summed E-state index contributed by atoms with van der Waals surface area (Å²) in [6.07, 6.45) is 2.85. The van der Waals surface area contributed by atoms with Crippen LogP contribution < -0.4 is 0 Å². The van der Waals surface area contributed by atoms with Crippen LogP contribution in [-0.4, -0.2) is 135 Å². The normalized spacial score (nSPS) is 41.5. The zero-order chi connectivity index (χ0) is 38.3. The van der Waals surface area contributed by atoms with Crippen LogP contribution in [0.3, 0.4) is 0 Å². The summed E-state index contributed by atoms with van der Waals surface area (Å²) >= 11 is 0. The van der Waals surface area contributed by atoms with Gasteiger partial charge in [0.2, 0.25) is 0 Å². The van der Waals surface area contributed by atoms with Crippen molar-refractivity contribution in [2.45, 2.75) is 135 Å². The highest BCUT2D eigenvalue weighted by atomic mass is 16.7. The van der Waals surface area contributed by atoms with Crippen molar-refractivity contribution in [2.75, 3.05) is 27.8 Å². The molecule has 4 N–H and O–H groups in total.